The van der Waals surface area contributed by atoms with Crippen molar-refractivity contribution in [2.75, 3.05) is 13.7 Å². The molecule has 0 heterocycles. The first-order valence-corrected chi connectivity index (χ1v) is 2.33. The van der Waals surface area contributed by atoms with Crippen LogP contribution in [-0.4, -0.2) is 31.1 Å². The zero-order valence-corrected chi connectivity index (χ0v) is 4.72. The Kier molecular flexibility index (Phi) is 4.44. The van der Waals surface area contributed by atoms with Gasteiger partial charge in [0.2, 0.25) is 0 Å². The quantitative estimate of drug-likeness (QED) is 0.303. The van der Waals surface area contributed by atoms with Gasteiger partial charge in [0.1, 0.15) is 6.29 Å². The van der Waals surface area contributed by atoms with E-state index < -0.39 is 6.04 Å². The first-order chi connectivity index (χ1) is 3.85. The number of nitrogens with one attached hydrogen (secondary N) is 2. The van der Waals surface area contributed by atoms with Crippen molar-refractivity contribution in [2.24, 2.45) is 0 Å². The predicted octanol–water partition coefficient (Wildman–Crippen LogP) is -1.73. The standard InChI is InChI=1S/C4H10N2O2/c1-5-6-4(2-7)3-8/h2,4-6,8H,3H2,1H3/t4-/m1/s1. The maximum absolute atomic E-state index is 9.86. The van der Waals surface area contributed by atoms with Crippen LogP contribution in [0, 0.1) is 0 Å². The van der Waals surface area contributed by atoms with E-state index in [9.17, 15) is 4.79 Å². The molecule has 0 aliphatic carbocycles. The number of aliphatic hydroxyl groups excluding tert-OH is 1. The van der Waals surface area contributed by atoms with Gasteiger partial charge in [0.15, 0.2) is 0 Å². The number of carbonyl (C=O) groups is 1. The van der Waals surface area contributed by atoms with Gasteiger partial charge >= 0.3 is 0 Å². The molecule has 48 valence electrons. The molecule has 4 nitrogen and oxygen atoms in total. The third-order valence-electron chi connectivity index (χ3n) is 0.691. The second kappa shape index (κ2) is 4.70. The normalized spacial score (nSPS) is 13.2. The summed E-state index contributed by atoms with van der Waals surface area (Å²) in [7, 11) is 1.63. The van der Waals surface area contributed by atoms with Crippen molar-refractivity contribution in [1.29, 1.82) is 0 Å². The highest BCUT2D eigenvalue weighted by Gasteiger charge is 1.99. The van der Waals surface area contributed by atoms with Crippen LogP contribution in [0.5, 0.6) is 0 Å². The number of hydrogen-bond acceptors (Lipinski definition) is 4. The van der Waals surface area contributed by atoms with E-state index in [0.29, 0.717) is 6.29 Å². The molecule has 0 saturated heterocycles. The SMILES string of the molecule is CNN[C@H](C=O)CO. The van der Waals surface area contributed by atoms with Crippen molar-refractivity contribution in [3.05, 3.63) is 0 Å². The Labute approximate surface area is 47.9 Å². The van der Waals surface area contributed by atoms with Crippen molar-refractivity contribution in [3.8, 4) is 0 Å². The lowest BCUT2D eigenvalue weighted by atomic mass is 10.4. The Hall–Kier alpha value is -0.450. The topological polar surface area (TPSA) is 61.4 Å². The number of carbonyl (C=O) groups excluding carboxylic acids is 1. The van der Waals surface area contributed by atoms with Gasteiger partial charge in [-0.2, -0.15) is 0 Å². The van der Waals surface area contributed by atoms with Crippen LogP contribution in [0.25, 0.3) is 0 Å². The fourth-order valence-electron chi connectivity index (χ4n) is 0.308. The largest absolute Gasteiger partial charge is 0.394 e. The molecule has 0 radical (unpaired) electrons. The fourth-order valence-corrected chi connectivity index (χ4v) is 0.308. The average Bonchev–Trinajstić information content (AvgIpc) is 1.83. The lowest BCUT2D eigenvalue weighted by Crippen LogP contribution is -2.41. The summed E-state index contributed by atoms with van der Waals surface area (Å²) < 4.78 is 0. The van der Waals surface area contributed by atoms with E-state index in [0.717, 1.165) is 0 Å². The molecule has 0 aromatic heterocycles. The molecule has 0 aliphatic rings. The number of hydrogen-bond donors (Lipinski definition) is 3. The molecule has 0 saturated carbocycles. The first kappa shape index (κ1) is 7.55. The minimum Gasteiger partial charge on any atom is -0.394 e. The van der Waals surface area contributed by atoms with Crippen molar-refractivity contribution >= 4 is 6.29 Å². The Balaban J connectivity index is 3.21. The highest BCUT2D eigenvalue weighted by molar-refractivity contribution is 5.57. The van der Waals surface area contributed by atoms with E-state index in [1.807, 2.05) is 0 Å². The molecule has 0 amide bonds. The van der Waals surface area contributed by atoms with Crippen LogP contribution in [0.3, 0.4) is 0 Å². The molecule has 0 bridgehead atoms. The van der Waals surface area contributed by atoms with E-state index in [1.54, 1.807) is 7.05 Å². The summed E-state index contributed by atoms with van der Waals surface area (Å²) >= 11 is 0. The number of aldehydes is 1. The minimum atomic E-state index is -0.486. The van der Waals surface area contributed by atoms with Crippen molar-refractivity contribution < 1.29 is 9.90 Å². The third-order valence-corrected chi connectivity index (χ3v) is 0.691. The molecule has 4 heteroatoms. The van der Waals surface area contributed by atoms with Gasteiger partial charge in [0.05, 0.1) is 12.6 Å². The molecule has 1 atom stereocenters. The number of rotatable bonds is 4. The Morgan fingerprint density at radius 2 is 2.50 bits per heavy atom. The fraction of sp³-hybridized carbons (Fsp3) is 0.750. The van der Waals surface area contributed by atoms with E-state index in [4.69, 9.17) is 5.11 Å². The summed E-state index contributed by atoms with van der Waals surface area (Å²) in [6, 6.07) is -0.486. The zero-order valence-electron chi connectivity index (χ0n) is 4.72. The molecular weight excluding hydrogens is 108 g/mol. The molecule has 3 N–H and O–H groups in total. The molecule has 8 heavy (non-hydrogen) atoms. The molecule has 0 rings (SSSR count). The second-order valence-electron chi connectivity index (χ2n) is 1.32. The van der Waals surface area contributed by atoms with Gasteiger partial charge in [-0.1, -0.05) is 0 Å². The summed E-state index contributed by atoms with van der Waals surface area (Å²) in [5, 5.41) is 8.32. The highest BCUT2D eigenvalue weighted by atomic mass is 16.3. The summed E-state index contributed by atoms with van der Waals surface area (Å²) in [6.45, 7) is -0.176. The lowest BCUT2D eigenvalue weighted by molar-refractivity contribution is -0.110. The van der Waals surface area contributed by atoms with Crippen LogP contribution in [-0.2, 0) is 4.79 Å². The van der Waals surface area contributed by atoms with Crippen molar-refractivity contribution in [1.82, 2.24) is 10.9 Å². The van der Waals surface area contributed by atoms with E-state index in [1.165, 1.54) is 0 Å². The lowest BCUT2D eigenvalue weighted by Gasteiger charge is -2.05. The van der Waals surface area contributed by atoms with Crippen molar-refractivity contribution in [3.63, 3.8) is 0 Å². The summed E-state index contributed by atoms with van der Waals surface area (Å²) in [4.78, 5) is 9.86. The third kappa shape index (κ3) is 2.68. The molecule has 0 fully saturated rings. The Morgan fingerprint density at radius 3 is 2.62 bits per heavy atom. The minimum absolute atomic E-state index is 0.176. The van der Waals surface area contributed by atoms with E-state index in [-0.39, 0.29) is 6.61 Å². The highest BCUT2D eigenvalue weighted by Crippen LogP contribution is 1.67. The van der Waals surface area contributed by atoms with E-state index in [2.05, 4.69) is 10.9 Å². The molecule has 0 unspecified atom stereocenters. The van der Waals surface area contributed by atoms with Crippen LogP contribution in [0.1, 0.15) is 0 Å². The zero-order chi connectivity index (χ0) is 6.41. The van der Waals surface area contributed by atoms with Crippen LogP contribution >= 0.6 is 0 Å². The maximum atomic E-state index is 9.86. The summed E-state index contributed by atoms with van der Waals surface area (Å²) in [6.07, 6.45) is 0.635. The van der Waals surface area contributed by atoms with Gasteiger partial charge in [-0.05, 0) is 7.05 Å². The van der Waals surface area contributed by atoms with Crippen LogP contribution in [0.4, 0.5) is 0 Å². The summed E-state index contributed by atoms with van der Waals surface area (Å²) in [5.41, 5.74) is 5.04. The van der Waals surface area contributed by atoms with Gasteiger partial charge < -0.3 is 9.90 Å². The van der Waals surface area contributed by atoms with Gasteiger partial charge in [-0.25, -0.2) is 5.43 Å². The summed E-state index contributed by atoms with van der Waals surface area (Å²) in [5.74, 6) is 0. The smallest absolute Gasteiger partial charge is 0.140 e. The molecule has 0 aromatic carbocycles. The molecule has 0 spiro atoms. The Bertz CT molecular complexity index is 67.1. The average molecular weight is 118 g/mol. The second-order valence-corrected chi connectivity index (χ2v) is 1.32. The van der Waals surface area contributed by atoms with Gasteiger partial charge in [0, 0.05) is 0 Å². The van der Waals surface area contributed by atoms with Crippen molar-refractivity contribution in [2.45, 2.75) is 6.04 Å². The Morgan fingerprint density at radius 1 is 1.88 bits per heavy atom. The van der Waals surface area contributed by atoms with Gasteiger partial charge in [0.25, 0.3) is 0 Å². The number of aliphatic hydroxyl groups is 1. The number of hydrazine groups is 1. The monoisotopic (exact) mass is 118 g/mol. The molecular formula is C4H10N2O2. The van der Waals surface area contributed by atoms with Crippen LogP contribution < -0.4 is 10.9 Å². The van der Waals surface area contributed by atoms with Gasteiger partial charge in [-0.3, -0.25) is 5.43 Å². The van der Waals surface area contributed by atoms with Crippen LogP contribution in [0.15, 0.2) is 0 Å². The van der Waals surface area contributed by atoms with Gasteiger partial charge in [-0.15, -0.1) is 0 Å². The van der Waals surface area contributed by atoms with E-state index >= 15 is 0 Å². The van der Waals surface area contributed by atoms with Crippen LogP contribution in [0.2, 0.25) is 0 Å². The predicted molar refractivity (Wildman–Crippen MR) is 29.1 cm³/mol. The molecule has 0 aromatic rings. The first-order valence-electron chi connectivity index (χ1n) is 2.33. The maximum Gasteiger partial charge on any atom is 0.140 e. The molecule has 0 aliphatic heterocycles.